The second kappa shape index (κ2) is 3.08. The van der Waals surface area contributed by atoms with Crippen molar-refractivity contribution in [3.8, 4) is 0 Å². The fourth-order valence-corrected chi connectivity index (χ4v) is 1.93. The largest absolute Gasteiger partial charge is 0.388 e. The maximum absolute atomic E-state index is 9.94. The van der Waals surface area contributed by atoms with Crippen molar-refractivity contribution < 1.29 is 5.11 Å². The average molecular weight is 185 g/mol. The molecular formula is C7H11N3OS. The van der Waals surface area contributed by atoms with Gasteiger partial charge in [0, 0.05) is 18.3 Å². The highest BCUT2D eigenvalue weighted by atomic mass is 32.1. The van der Waals surface area contributed by atoms with Crippen LogP contribution >= 0.6 is 11.5 Å². The summed E-state index contributed by atoms with van der Waals surface area (Å²) in [4.78, 5) is 0. The van der Waals surface area contributed by atoms with E-state index < -0.39 is 5.60 Å². The number of nitrogens with zero attached hydrogens (tertiary/aromatic N) is 2. The number of hydrogen-bond acceptors (Lipinski definition) is 5. The van der Waals surface area contributed by atoms with Gasteiger partial charge in [0.25, 0.3) is 0 Å². The molecular weight excluding hydrogens is 174 g/mol. The third-order valence-electron chi connectivity index (χ3n) is 2.14. The van der Waals surface area contributed by atoms with Crippen LogP contribution in [0.4, 0.5) is 0 Å². The Labute approximate surface area is 74.8 Å². The molecule has 1 unspecified atom stereocenters. The summed E-state index contributed by atoms with van der Waals surface area (Å²) in [5.41, 5.74) is 0.307. The molecule has 0 bridgehead atoms. The molecule has 0 spiro atoms. The van der Waals surface area contributed by atoms with Crippen molar-refractivity contribution >= 4 is 11.5 Å². The number of nitrogens with one attached hydrogen (secondary N) is 1. The van der Waals surface area contributed by atoms with E-state index in [0.29, 0.717) is 13.0 Å². The quantitative estimate of drug-likeness (QED) is 0.670. The van der Waals surface area contributed by atoms with E-state index in [1.54, 1.807) is 0 Å². The first kappa shape index (κ1) is 8.10. The second-order valence-corrected chi connectivity index (χ2v) is 3.83. The first-order valence-corrected chi connectivity index (χ1v) is 4.81. The normalized spacial score (nSPS) is 29.4. The lowest BCUT2D eigenvalue weighted by Gasteiger charge is -2.18. The summed E-state index contributed by atoms with van der Waals surface area (Å²) >= 11 is 1.33. The maximum Gasteiger partial charge on any atom is 0.0839 e. The maximum atomic E-state index is 9.94. The molecule has 1 aromatic heterocycles. The molecule has 0 saturated carbocycles. The first-order chi connectivity index (χ1) is 5.79. The minimum atomic E-state index is -0.588. The summed E-state index contributed by atoms with van der Waals surface area (Å²) in [5, 5.41) is 18.9. The van der Waals surface area contributed by atoms with Crippen LogP contribution in [0.5, 0.6) is 0 Å². The molecule has 4 nitrogen and oxygen atoms in total. The van der Waals surface area contributed by atoms with Gasteiger partial charge in [-0.2, -0.15) is 0 Å². The summed E-state index contributed by atoms with van der Waals surface area (Å²) in [5.74, 6) is 0. The van der Waals surface area contributed by atoms with Crippen molar-refractivity contribution in [1.29, 1.82) is 0 Å². The predicted octanol–water partition coefficient (Wildman–Crippen LogP) is -0.195. The third kappa shape index (κ3) is 1.63. The molecule has 2 rings (SSSR count). The Morgan fingerprint density at radius 2 is 2.67 bits per heavy atom. The highest BCUT2D eigenvalue weighted by Gasteiger charge is 2.31. The Kier molecular flexibility index (Phi) is 2.08. The van der Waals surface area contributed by atoms with E-state index in [1.165, 1.54) is 11.5 Å². The van der Waals surface area contributed by atoms with Crippen LogP contribution in [-0.4, -0.2) is 33.4 Å². The van der Waals surface area contributed by atoms with E-state index in [-0.39, 0.29) is 0 Å². The lowest BCUT2D eigenvalue weighted by atomic mass is 9.98. The van der Waals surface area contributed by atoms with Crippen LogP contribution in [-0.2, 0) is 6.42 Å². The Bertz CT molecular complexity index is 243. The van der Waals surface area contributed by atoms with E-state index in [2.05, 4.69) is 14.9 Å². The van der Waals surface area contributed by atoms with Crippen molar-refractivity contribution in [3.05, 3.63) is 11.1 Å². The Morgan fingerprint density at radius 1 is 1.75 bits per heavy atom. The minimum absolute atomic E-state index is 0.588. The van der Waals surface area contributed by atoms with Crippen LogP contribution in [0.15, 0.2) is 5.38 Å². The molecule has 2 heterocycles. The van der Waals surface area contributed by atoms with Gasteiger partial charge in [0.15, 0.2) is 0 Å². The zero-order chi connectivity index (χ0) is 8.44. The van der Waals surface area contributed by atoms with E-state index in [4.69, 9.17) is 0 Å². The fourth-order valence-electron chi connectivity index (χ4n) is 1.48. The molecule has 0 amide bonds. The van der Waals surface area contributed by atoms with Gasteiger partial charge in [0.1, 0.15) is 0 Å². The zero-order valence-corrected chi connectivity index (χ0v) is 7.47. The lowest BCUT2D eigenvalue weighted by Crippen LogP contribution is -2.33. The molecule has 5 heteroatoms. The standard InChI is InChI=1S/C7H11N3OS/c11-7(1-2-8-5-7)3-6-4-12-10-9-6/h4,8,11H,1-3,5H2. The van der Waals surface area contributed by atoms with Gasteiger partial charge in [0.2, 0.25) is 0 Å². The Morgan fingerprint density at radius 3 is 3.25 bits per heavy atom. The molecule has 1 aromatic rings. The number of β-amino-alcohol motifs (C(OH)–C–C–N with tert-alkyl or cyclic N) is 1. The molecule has 1 aliphatic rings. The molecule has 0 radical (unpaired) electrons. The highest BCUT2D eigenvalue weighted by Crippen LogP contribution is 2.19. The highest BCUT2D eigenvalue weighted by molar-refractivity contribution is 7.03. The second-order valence-electron chi connectivity index (χ2n) is 3.22. The minimum Gasteiger partial charge on any atom is -0.388 e. The van der Waals surface area contributed by atoms with Crippen LogP contribution < -0.4 is 5.32 Å². The van der Waals surface area contributed by atoms with Crippen LogP contribution in [0.25, 0.3) is 0 Å². The van der Waals surface area contributed by atoms with Crippen molar-refractivity contribution in [2.75, 3.05) is 13.1 Å². The number of hydrogen-bond donors (Lipinski definition) is 2. The van der Waals surface area contributed by atoms with Crippen LogP contribution in [0.2, 0.25) is 0 Å². The zero-order valence-electron chi connectivity index (χ0n) is 6.66. The van der Waals surface area contributed by atoms with Crippen LogP contribution in [0, 0.1) is 0 Å². The molecule has 0 aliphatic carbocycles. The third-order valence-corrected chi connectivity index (χ3v) is 2.69. The number of rotatable bonds is 2. The predicted molar refractivity (Wildman–Crippen MR) is 46.0 cm³/mol. The van der Waals surface area contributed by atoms with Gasteiger partial charge in [-0.15, -0.1) is 5.10 Å². The van der Waals surface area contributed by atoms with E-state index in [9.17, 15) is 5.11 Å². The van der Waals surface area contributed by atoms with Crippen molar-refractivity contribution in [2.24, 2.45) is 0 Å². The van der Waals surface area contributed by atoms with E-state index in [0.717, 1.165) is 18.7 Å². The van der Waals surface area contributed by atoms with E-state index in [1.807, 2.05) is 5.38 Å². The van der Waals surface area contributed by atoms with Gasteiger partial charge in [-0.1, -0.05) is 4.49 Å². The van der Waals surface area contributed by atoms with Crippen molar-refractivity contribution in [2.45, 2.75) is 18.4 Å². The molecule has 0 aromatic carbocycles. The summed E-state index contributed by atoms with van der Waals surface area (Å²) in [6, 6.07) is 0. The molecule has 2 N–H and O–H groups in total. The first-order valence-electron chi connectivity index (χ1n) is 3.98. The summed E-state index contributed by atoms with van der Waals surface area (Å²) in [7, 11) is 0. The lowest BCUT2D eigenvalue weighted by molar-refractivity contribution is 0.0609. The molecule has 1 aliphatic heterocycles. The molecule has 12 heavy (non-hydrogen) atoms. The number of aliphatic hydroxyl groups is 1. The Hall–Kier alpha value is -0.520. The Balaban J connectivity index is 2.02. The topological polar surface area (TPSA) is 58.0 Å². The van der Waals surface area contributed by atoms with Crippen LogP contribution in [0.3, 0.4) is 0 Å². The average Bonchev–Trinajstić information content (AvgIpc) is 2.62. The van der Waals surface area contributed by atoms with E-state index >= 15 is 0 Å². The smallest absolute Gasteiger partial charge is 0.0839 e. The molecule has 66 valence electrons. The van der Waals surface area contributed by atoms with Gasteiger partial charge in [-0.25, -0.2) is 0 Å². The number of aromatic nitrogens is 2. The van der Waals surface area contributed by atoms with Gasteiger partial charge >= 0.3 is 0 Å². The van der Waals surface area contributed by atoms with Gasteiger partial charge in [-0.05, 0) is 24.5 Å². The molecule has 1 saturated heterocycles. The monoisotopic (exact) mass is 185 g/mol. The van der Waals surface area contributed by atoms with Crippen molar-refractivity contribution in [1.82, 2.24) is 14.9 Å². The SMILES string of the molecule is OC1(Cc2csnn2)CCNC1. The summed E-state index contributed by atoms with van der Waals surface area (Å²) in [6.07, 6.45) is 1.43. The molecule has 1 atom stereocenters. The molecule has 1 fully saturated rings. The fraction of sp³-hybridized carbons (Fsp3) is 0.714. The van der Waals surface area contributed by atoms with Crippen molar-refractivity contribution in [3.63, 3.8) is 0 Å². The van der Waals surface area contributed by atoms with Gasteiger partial charge in [-0.3, -0.25) is 0 Å². The van der Waals surface area contributed by atoms with Gasteiger partial charge < -0.3 is 10.4 Å². The van der Waals surface area contributed by atoms with Gasteiger partial charge in [0.05, 0.1) is 11.3 Å². The summed E-state index contributed by atoms with van der Waals surface area (Å²) in [6.45, 7) is 1.57. The van der Waals surface area contributed by atoms with Crippen LogP contribution in [0.1, 0.15) is 12.1 Å². The summed E-state index contributed by atoms with van der Waals surface area (Å²) < 4.78 is 3.76.